The van der Waals surface area contributed by atoms with Crippen LogP contribution in [0.15, 0.2) is 54.6 Å². The Bertz CT molecular complexity index is 741. The van der Waals surface area contributed by atoms with Gasteiger partial charge >= 0.3 is 0 Å². The summed E-state index contributed by atoms with van der Waals surface area (Å²) in [4.78, 5) is 7.76. The van der Waals surface area contributed by atoms with Crippen molar-refractivity contribution >= 4 is 22.7 Å². The molecule has 90 valence electrons. The van der Waals surface area contributed by atoms with E-state index < -0.39 is 0 Å². The third-order valence-electron chi connectivity index (χ3n) is 2.91. The zero-order valence-electron chi connectivity index (χ0n) is 10.3. The van der Waals surface area contributed by atoms with Crippen molar-refractivity contribution in [3.05, 3.63) is 66.0 Å². The maximum absolute atomic E-state index is 5.60. The van der Waals surface area contributed by atoms with Gasteiger partial charge in [-0.2, -0.15) is 0 Å². The van der Waals surface area contributed by atoms with Crippen LogP contribution in [0.5, 0.6) is 0 Å². The molecule has 2 nitrogen and oxygen atoms in total. The SMILES string of the molecule is C#C/C(=C/c1ccccc1)c1nc2ccccc2[nH]1. The molecule has 0 atom stereocenters. The van der Waals surface area contributed by atoms with Gasteiger partial charge in [-0.15, -0.1) is 6.42 Å². The summed E-state index contributed by atoms with van der Waals surface area (Å²) in [6.07, 6.45) is 7.55. The van der Waals surface area contributed by atoms with Gasteiger partial charge < -0.3 is 4.98 Å². The molecule has 1 aromatic heterocycles. The minimum atomic E-state index is 0.729. The number of hydrogen-bond acceptors (Lipinski definition) is 1. The van der Waals surface area contributed by atoms with Gasteiger partial charge in [-0.1, -0.05) is 48.4 Å². The maximum Gasteiger partial charge on any atom is 0.147 e. The van der Waals surface area contributed by atoms with Gasteiger partial charge in [0.15, 0.2) is 0 Å². The molecule has 1 heterocycles. The van der Waals surface area contributed by atoms with Gasteiger partial charge in [-0.3, -0.25) is 0 Å². The number of para-hydroxylation sites is 2. The lowest BCUT2D eigenvalue weighted by molar-refractivity contribution is 1.28. The molecule has 3 aromatic rings. The van der Waals surface area contributed by atoms with Crippen molar-refractivity contribution < 1.29 is 0 Å². The van der Waals surface area contributed by atoms with E-state index in [2.05, 4.69) is 15.9 Å². The average molecular weight is 244 g/mol. The predicted octanol–water partition coefficient (Wildman–Crippen LogP) is 3.74. The topological polar surface area (TPSA) is 28.7 Å². The van der Waals surface area contributed by atoms with Crippen molar-refractivity contribution in [1.29, 1.82) is 0 Å². The van der Waals surface area contributed by atoms with Crippen molar-refractivity contribution in [2.75, 3.05) is 0 Å². The van der Waals surface area contributed by atoms with E-state index in [1.807, 2.05) is 60.7 Å². The van der Waals surface area contributed by atoms with Gasteiger partial charge in [0.1, 0.15) is 5.82 Å². The number of rotatable bonds is 2. The molecule has 0 unspecified atom stereocenters. The van der Waals surface area contributed by atoms with Crippen LogP contribution >= 0.6 is 0 Å². The van der Waals surface area contributed by atoms with Crippen LogP contribution in [0.3, 0.4) is 0 Å². The molecule has 0 saturated heterocycles. The molecule has 0 amide bonds. The standard InChI is InChI=1S/C17H12N2/c1-2-14(12-13-8-4-3-5-9-13)17-18-15-10-6-7-11-16(15)19-17/h1,3-12H,(H,18,19)/b14-12-. The monoisotopic (exact) mass is 244 g/mol. The van der Waals surface area contributed by atoms with Crippen molar-refractivity contribution in [2.45, 2.75) is 0 Å². The minimum Gasteiger partial charge on any atom is -0.337 e. The highest BCUT2D eigenvalue weighted by atomic mass is 14.9. The average Bonchev–Trinajstić information content (AvgIpc) is 2.89. The zero-order valence-corrected chi connectivity index (χ0v) is 10.3. The Balaban J connectivity index is 2.08. The molecule has 0 radical (unpaired) electrons. The number of aromatic amines is 1. The van der Waals surface area contributed by atoms with Gasteiger partial charge in [-0.25, -0.2) is 4.98 Å². The summed E-state index contributed by atoms with van der Waals surface area (Å²) in [6.45, 7) is 0. The molecule has 0 aliphatic rings. The Kier molecular flexibility index (Phi) is 2.88. The van der Waals surface area contributed by atoms with Crippen LogP contribution in [0.4, 0.5) is 0 Å². The lowest BCUT2D eigenvalue weighted by Gasteiger charge is -1.96. The quantitative estimate of drug-likeness (QED) is 0.683. The first kappa shape index (κ1) is 11.3. The molecule has 0 fully saturated rings. The Morgan fingerprint density at radius 3 is 2.53 bits per heavy atom. The number of H-pyrrole nitrogens is 1. The molecule has 0 saturated carbocycles. The first-order valence-corrected chi connectivity index (χ1v) is 6.05. The highest BCUT2D eigenvalue weighted by molar-refractivity contribution is 5.91. The predicted molar refractivity (Wildman–Crippen MR) is 79.2 cm³/mol. The van der Waals surface area contributed by atoms with E-state index in [1.165, 1.54) is 0 Å². The molecule has 0 aliphatic heterocycles. The lowest BCUT2D eigenvalue weighted by Crippen LogP contribution is -1.84. The molecule has 19 heavy (non-hydrogen) atoms. The Morgan fingerprint density at radius 1 is 1.05 bits per heavy atom. The number of benzene rings is 2. The van der Waals surface area contributed by atoms with Gasteiger partial charge in [-0.05, 0) is 23.8 Å². The highest BCUT2D eigenvalue weighted by Crippen LogP contribution is 2.18. The van der Waals surface area contributed by atoms with Crippen LogP contribution in [-0.4, -0.2) is 9.97 Å². The fourth-order valence-corrected chi connectivity index (χ4v) is 1.97. The summed E-state index contributed by atoms with van der Waals surface area (Å²) >= 11 is 0. The van der Waals surface area contributed by atoms with E-state index in [1.54, 1.807) is 0 Å². The van der Waals surface area contributed by atoms with Crippen LogP contribution in [0.2, 0.25) is 0 Å². The first-order valence-electron chi connectivity index (χ1n) is 6.05. The van der Waals surface area contributed by atoms with Crippen molar-refractivity contribution in [1.82, 2.24) is 9.97 Å². The molecular weight excluding hydrogens is 232 g/mol. The molecular formula is C17H12N2. The second kappa shape index (κ2) is 4.83. The second-order valence-corrected chi connectivity index (χ2v) is 4.22. The number of allylic oxidation sites excluding steroid dienone is 1. The third-order valence-corrected chi connectivity index (χ3v) is 2.91. The van der Waals surface area contributed by atoms with E-state index in [0.29, 0.717) is 0 Å². The number of fused-ring (bicyclic) bond motifs is 1. The van der Waals surface area contributed by atoms with Gasteiger partial charge in [0.25, 0.3) is 0 Å². The largest absolute Gasteiger partial charge is 0.337 e. The molecule has 0 bridgehead atoms. The van der Waals surface area contributed by atoms with E-state index in [4.69, 9.17) is 6.42 Å². The summed E-state index contributed by atoms with van der Waals surface area (Å²) in [5, 5.41) is 0. The number of aromatic nitrogens is 2. The first-order chi connectivity index (χ1) is 9.36. The summed E-state index contributed by atoms with van der Waals surface area (Å²) in [6, 6.07) is 17.9. The van der Waals surface area contributed by atoms with Crippen LogP contribution in [0.1, 0.15) is 11.4 Å². The van der Waals surface area contributed by atoms with E-state index >= 15 is 0 Å². The van der Waals surface area contributed by atoms with Gasteiger partial charge in [0.05, 0.1) is 16.6 Å². The highest BCUT2D eigenvalue weighted by Gasteiger charge is 2.05. The summed E-state index contributed by atoms with van der Waals surface area (Å²) in [5.74, 6) is 3.42. The van der Waals surface area contributed by atoms with Crippen LogP contribution in [0, 0.1) is 12.3 Å². The number of hydrogen-bond donors (Lipinski definition) is 1. The van der Waals surface area contributed by atoms with Gasteiger partial charge in [0, 0.05) is 0 Å². The van der Waals surface area contributed by atoms with Gasteiger partial charge in [0.2, 0.25) is 0 Å². The molecule has 1 N–H and O–H groups in total. The van der Waals surface area contributed by atoms with Crippen LogP contribution < -0.4 is 0 Å². The Labute approximate surface area is 111 Å². The van der Waals surface area contributed by atoms with E-state index in [9.17, 15) is 0 Å². The summed E-state index contributed by atoms with van der Waals surface area (Å²) in [5.41, 5.74) is 3.73. The number of nitrogens with zero attached hydrogens (tertiary/aromatic N) is 1. The third kappa shape index (κ3) is 2.27. The minimum absolute atomic E-state index is 0.729. The number of imidazole rings is 1. The molecule has 3 rings (SSSR count). The zero-order chi connectivity index (χ0) is 13.1. The summed E-state index contributed by atoms with van der Waals surface area (Å²) in [7, 11) is 0. The van der Waals surface area contributed by atoms with Crippen molar-refractivity contribution in [3.63, 3.8) is 0 Å². The normalized spacial score (nSPS) is 11.4. The van der Waals surface area contributed by atoms with Crippen molar-refractivity contribution in [2.24, 2.45) is 0 Å². The smallest absolute Gasteiger partial charge is 0.147 e. The Hall–Kier alpha value is -2.79. The lowest BCUT2D eigenvalue weighted by atomic mass is 10.1. The second-order valence-electron chi connectivity index (χ2n) is 4.22. The molecule has 0 aliphatic carbocycles. The van der Waals surface area contributed by atoms with E-state index in [-0.39, 0.29) is 0 Å². The van der Waals surface area contributed by atoms with E-state index in [0.717, 1.165) is 28.0 Å². The fourth-order valence-electron chi connectivity index (χ4n) is 1.97. The van der Waals surface area contributed by atoms with Crippen molar-refractivity contribution in [3.8, 4) is 12.3 Å². The molecule has 2 aromatic carbocycles. The fraction of sp³-hybridized carbons (Fsp3) is 0. The van der Waals surface area contributed by atoms with Crippen LogP contribution in [0.25, 0.3) is 22.7 Å². The number of nitrogens with one attached hydrogen (secondary N) is 1. The number of terminal acetylenes is 1. The van der Waals surface area contributed by atoms with Crippen LogP contribution in [-0.2, 0) is 0 Å². The Morgan fingerprint density at radius 2 is 1.79 bits per heavy atom. The summed E-state index contributed by atoms with van der Waals surface area (Å²) < 4.78 is 0. The maximum atomic E-state index is 5.60. The molecule has 2 heteroatoms. The molecule has 0 spiro atoms.